The molecule has 23 heavy (non-hydrogen) atoms. The number of hydrogen-bond acceptors (Lipinski definition) is 6. The van der Waals surface area contributed by atoms with Gasteiger partial charge in [0.05, 0.1) is 11.9 Å². The molecule has 0 aliphatic carbocycles. The highest BCUT2D eigenvalue weighted by atomic mass is 16.2. The molecule has 1 amide bonds. The summed E-state index contributed by atoms with van der Waals surface area (Å²) in [6.07, 6.45) is 10.8. The number of aromatic nitrogens is 4. The van der Waals surface area contributed by atoms with Gasteiger partial charge in [0, 0.05) is 50.2 Å². The summed E-state index contributed by atoms with van der Waals surface area (Å²) < 4.78 is 0. The summed E-state index contributed by atoms with van der Waals surface area (Å²) in [6, 6.07) is 0. The van der Waals surface area contributed by atoms with Gasteiger partial charge in [-0.1, -0.05) is 6.92 Å². The van der Waals surface area contributed by atoms with E-state index in [0.717, 1.165) is 25.1 Å². The number of rotatable bonds is 4. The minimum atomic E-state index is 0.187. The summed E-state index contributed by atoms with van der Waals surface area (Å²) in [6.45, 7) is 3.42. The fourth-order valence-corrected chi connectivity index (χ4v) is 2.88. The van der Waals surface area contributed by atoms with Gasteiger partial charge in [0.1, 0.15) is 5.82 Å². The van der Waals surface area contributed by atoms with Crippen molar-refractivity contribution in [2.75, 3.05) is 18.4 Å². The molecule has 7 nitrogen and oxygen atoms in total. The molecule has 3 heterocycles. The zero-order chi connectivity index (χ0) is 16.1. The minimum Gasteiger partial charge on any atom is -0.342 e. The fourth-order valence-electron chi connectivity index (χ4n) is 2.88. The average molecular weight is 312 g/mol. The molecule has 1 N–H and O–H groups in total. The number of piperidine rings is 1. The molecule has 2 aromatic heterocycles. The van der Waals surface area contributed by atoms with E-state index in [4.69, 9.17) is 0 Å². The second-order valence-corrected chi connectivity index (χ2v) is 5.54. The SMILES string of the molecule is CCC(=O)N1CCC[C@H](c2nccnc2Nc2cnccn2)C1. The number of amides is 1. The average Bonchev–Trinajstić information content (AvgIpc) is 2.62. The molecule has 1 atom stereocenters. The van der Waals surface area contributed by atoms with Crippen LogP contribution in [-0.4, -0.2) is 43.8 Å². The summed E-state index contributed by atoms with van der Waals surface area (Å²) in [5.41, 5.74) is 0.881. The highest BCUT2D eigenvalue weighted by Crippen LogP contribution is 2.30. The molecule has 1 aliphatic heterocycles. The van der Waals surface area contributed by atoms with Crippen molar-refractivity contribution in [2.45, 2.75) is 32.1 Å². The smallest absolute Gasteiger partial charge is 0.222 e. The molecule has 0 spiro atoms. The predicted molar refractivity (Wildman–Crippen MR) is 86.2 cm³/mol. The molecule has 7 heteroatoms. The molecular weight excluding hydrogens is 292 g/mol. The maximum absolute atomic E-state index is 12.0. The molecule has 120 valence electrons. The Morgan fingerprint density at radius 3 is 2.87 bits per heavy atom. The number of nitrogens with zero attached hydrogens (tertiary/aromatic N) is 5. The molecule has 0 aromatic carbocycles. The van der Waals surface area contributed by atoms with Gasteiger partial charge < -0.3 is 10.2 Å². The minimum absolute atomic E-state index is 0.187. The molecule has 0 unspecified atom stereocenters. The zero-order valence-corrected chi connectivity index (χ0v) is 13.1. The fraction of sp³-hybridized carbons (Fsp3) is 0.438. The van der Waals surface area contributed by atoms with Crippen LogP contribution in [0.4, 0.5) is 11.6 Å². The third-order valence-corrected chi connectivity index (χ3v) is 4.00. The number of likely N-dealkylation sites (tertiary alicyclic amines) is 1. The second-order valence-electron chi connectivity index (χ2n) is 5.54. The van der Waals surface area contributed by atoms with E-state index in [1.165, 1.54) is 0 Å². The van der Waals surface area contributed by atoms with Crippen LogP contribution < -0.4 is 5.32 Å². The maximum atomic E-state index is 12.0. The Morgan fingerprint density at radius 2 is 2.09 bits per heavy atom. The monoisotopic (exact) mass is 312 g/mol. The van der Waals surface area contributed by atoms with Crippen molar-refractivity contribution in [3.05, 3.63) is 36.7 Å². The summed E-state index contributed by atoms with van der Waals surface area (Å²) >= 11 is 0. The quantitative estimate of drug-likeness (QED) is 0.931. The van der Waals surface area contributed by atoms with E-state index < -0.39 is 0 Å². The molecule has 2 aromatic rings. The van der Waals surface area contributed by atoms with Crippen LogP contribution in [0.15, 0.2) is 31.0 Å². The summed E-state index contributed by atoms with van der Waals surface area (Å²) in [5, 5.41) is 3.18. The van der Waals surface area contributed by atoms with Crippen LogP contribution in [0, 0.1) is 0 Å². The van der Waals surface area contributed by atoms with Crippen LogP contribution in [0.1, 0.15) is 37.8 Å². The molecule has 1 fully saturated rings. The van der Waals surface area contributed by atoms with Crippen molar-refractivity contribution in [3.8, 4) is 0 Å². The number of carbonyl (C=O) groups is 1. The first kappa shape index (κ1) is 15.3. The first-order valence-corrected chi connectivity index (χ1v) is 7.89. The topological polar surface area (TPSA) is 83.9 Å². The lowest BCUT2D eigenvalue weighted by Crippen LogP contribution is -2.39. The molecule has 3 rings (SSSR count). The summed E-state index contributed by atoms with van der Waals surface area (Å²) in [5.74, 6) is 1.70. The molecule has 1 aliphatic rings. The number of carbonyl (C=O) groups excluding carboxylic acids is 1. The van der Waals surface area contributed by atoms with E-state index in [1.807, 2.05) is 11.8 Å². The Balaban J connectivity index is 1.81. The van der Waals surface area contributed by atoms with Crippen molar-refractivity contribution in [1.82, 2.24) is 24.8 Å². The molecular formula is C16H20N6O. The lowest BCUT2D eigenvalue weighted by Gasteiger charge is -2.32. The van der Waals surface area contributed by atoms with Crippen LogP contribution in [-0.2, 0) is 4.79 Å². The maximum Gasteiger partial charge on any atom is 0.222 e. The first-order chi connectivity index (χ1) is 11.3. The second kappa shape index (κ2) is 7.13. The van der Waals surface area contributed by atoms with Crippen LogP contribution in [0.5, 0.6) is 0 Å². The van der Waals surface area contributed by atoms with Gasteiger partial charge in [0.25, 0.3) is 0 Å². The van der Waals surface area contributed by atoms with Crippen molar-refractivity contribution >= 4 is 17.5 Å². The van der Waals surface area contributed by atoms with Crippen molar-refractivity contribution < 1.29 is 4.79 Å². The van der Waals surface area contributed by atoms with Gasteiger partial charge in [-0.25, -0.2) is 9.97 Å². The summed E-state index contributed by atoms with van der Waals surface area (Å²) in [7, 11) is 0. The highest BCUT2D eigenvalue weighted by molar-refractivity contribution is 5.76. The largest absolute Gasteiger partial charge is 0.342 e. The third kappa shape index (κ3) is 3.61. The van der Waals surface area contributed by atoms with Crippen LogP contribution >= 0.6 is 0 Å². The number of hydrogen-bond donors (Lipinski definition) is 1. The van der Waals surface area contributed by atoms with Crippen molar-refractivity contribution in [2.24, 2.45) is 0 Å². The van der Waals surface area contributed by atoms with E-state index in [2.05, 4.69) is 25.3 Å². The van der Waals surface area contributed by atoms with Crippen LogP contribution in [0.3, 0.4) is 0 Å². The lowest BCUT2D eigenvalue weighted by molar-refractivity contribution is -0.132. The molecule has 0 radical (unpaired) electrons. The van der Waals surface area contributed by atoms with Crippen LogP contribution in [0.2, 0.25) is 0 Å². The number of nitrogens with one attached hydrogen (secondary N) is 1. The van der Waals surface area contributed by atoms with Gasteiger partial charge in [-0.2, -0.15) is 0 Å². The van der Waals surface area contributed by atoms with E-state index in [9.17, 15) is 4.79 Å². The molecule has 0 saturated carbocycles. The van der Waals surface area contributed by atoms with Crippen LogP contribution in [0.25, 0.3) is 0 Å². The Hall–Kier alpha value is -2.57. The van der Waals surface area contributed by atoms with Crippen molar-refractivity contribution in [3.63, 3.8) is 0 Å². The number of anilines is 2. The first-order valence-electron chi connectivity index (χ1n) is 7.89. The zero-order valence-electron chi connectivity index (χ0n) is 13.1. The van der Waals surface area contributed by atoms with E-state index in [1.54, 1.807) is 31.0 Å². The van der Waals surface area contributed by atoms with Gasteiger partial charge in [-0.15, -0.1) is 0 Å². The highest BCUT2D eigenvalue weighted by Gasteiger charge is 2.27. The Morgan fingerprint density at radius 1 is 1.26 bits per heavy atom. The Kier molecular flexibility index (Phi) is 4.75. The van der Waals surface area contributed by atoms with Gasteiger partial charge >= 0.3 is 0 Å². The third-order valence-electron chi connectivity index (χ3n) is 4.00. The van der Waals surface area contributed by atoms with E-state index >= 15 is 0 Å². The molecule has 1 saturated heterocycles. The molecule has 0 bridgehead atoms. The van der Waals surface area contributed by atoms with E-state index in [0.29, 0.717) is 24.6 Å². The predicted octanol–water partition coefficient (Wildman–Crippen LogP) is 2.13. The van der Waals surface area contributed by atoms with Gasteiger partial charge in [0.15, 0.2) is 5.82 Å². The Labute approximate surface area is 135 Å². The summed E-state index contributed by atoms with van der Waals surface area (Å²) in [4.78, 5) is 31.1. The van der Waals surface area contributed by atoms with Gasteiger partial charge in [-0.05, 0) is 12.8 Å². The van der Waals surface area contributed by atoms with Crippen molar-refractivity contribution in [1.29, 1.82) is 0 Å². The van der Waals surface area contributed by atoms with E-state index in [-0.39, 0.29) is 11.8 Å². The standard InChI is InChI=1S/C16H20N6O/c1-2-14(23)22-9-3-4-12(11-22)15-16(20-8-7-19-15)21-13-10-17-5-6-18-13/h5-8,10,12H,2-4,9,11H2,1H3,(H,18,20,21)/t12-/m0/s1. The Bertz CT molecular complexity index is 663. The van der Waals surface area contributed by atoms with Gasteiger partial charge in [0.2, 0.25) is 5.91 Å². The lowest BCUT2D eigenvalue weighted by atomic mass is 9.94. The van der Waals surface area contributed by atoms with Gasteiger partial charge in [-0.3, -0.25) is 14.8 Å². The normalized spacial score (nSPS) is 17.8.